The molecular weight excluding hydrogens is 680 g/mol. The molecule has 322 valence electrons. The van der Waals surface area contributed by atoms with Gasteiger partial charge in [-0.05, 0) is 25.7 Å². The molecule has 0 aromatic carbocycles. The maximum Gasteiger partial charge on any atom is 0.303 e. The van der Waals surface area contributed by atoms with Gasteiger partial charge >= 0.3 is 23.9 Å². The van der Waals surface area contributed by atoms with Crippen LogP contribution >= 0.6 is 0 Å². The number of carboxylic acids is 4. The number of unbranched alkanes of at least 4 members (excludes halogenated alkanes) is 33. The topological polar surface area (TPSA) is 149 Å². The van der Waals surface area contributed by atoms with Gasteiger partial charge < -0.3 is 20.4 Å². The van der Waals surface area contributed by atoms with Crippen LogP contribution in [0.1, 0.15) is 271 Å². The molecule has 0 aliphatic heterocycles. The Balaban J connectivity index is -0.000000736. The summed E-state index contributed by atoms with van der Waals surface area (Å²) < 4.78 is 0. The fraction of sp³-hybridized carbons (Fsp3) is 0.913. The van der Waals surface area contributed by atoms with Crippen LogP contribution in [0, 0.1) is 0 Å². The molecule has 0 heterocycles. The van der Waals surface area contributed by atoms with Gasteiger partial charge in [0, 0.05) is 25.7 Å². The van der Waals surface area contributed by atoms with Gasteiger partial charge in [-0.3, -0.25) is 19.2 Å². The van der Waals surface area contributed by atoms with Gasteiger partial charge in [-0.1, -0.05) is 219 Å². The van der Waals surface area contributed by atoms with Gasteiger partial charge in [0.25, 0.3) is 0 Å². The minimum atomic E-state index is -0.740. The molecule has 0 rings (SSSR count). The van der Waals surface area contributed by atoms with E-state index in [4.69, 9.17) is 20.4 Å². The number of hydrogen-bond donors (Lipinski definition) is 4. The van der Waals surface area contributed by atoms with Crippen LogP contribution in [0.4, 0.5) is 0 Å². The minimum absolute atomic E-state index is 0.245. The van der Waals surface area contributed by atoms with Crippen LogP contribution in [-0.2, 0) is 19.2 Å². The Kier molecular flexibility index (Phi) is 53.0. The van der Waals surface area contributed by atoms with Crippen molar-refractivity contribution in [1.29, 1.82) is 0 Å². The predicted octanol–water partition coefficient (Wildman–Crippen LogP) is 14.9. The third-order valence-corrected chi connectivity index (χ3v) is 10.0. The molecule has 8 heteroatoms. The molecule has 0 aromatic rings. The Morgan fingerprint density at radius 1 is 0.222 bits per heavy atom. The van der Waals surface area contributed by atoms with Crippen molar-refractivity contribution in [2.45, 2.75) is 271 Å². The number of aliphatic carboxylic acids is 4. The average Bonchev–Trinajstić information content (AvgIpc) is 3.12. The van der Waals surface area contributed by atoms with Gasteiger partial charge in [0.05, 0.1) is 0 Å². The zero-order valence-electron chi connectivity index (χ0n) is 35.7. The molecular formula is C46H90O8. The van der Waals surface area contributed by atoms with Crippen molar-refractivity contribution in [3.8, 4) is 0 Å². The van der Waals surface area contributed by atoms with Crippen LogP contribution in [0.2, 0.25) is 0 Å². The maximum absolute atomic E-state index is 10.3. The normalized spacial score (nSPS) is 10.6. The summed E-state index contributed by atoms with van der Waals surface area (Å²) >= 11 is 0. The standard InChI is InChI=1S/2C18H36O2.C10H18O4/c2*1-2-3-4-5-6-7-8-9-10-11-12-13-14-15-16-17-18(19)20;11-9(12)7-5-3-1-2-4-6-8-10(13)14/h2*2-17H2,1H3,(H,19,20);1-8H2,(H,11,12)(H,13,14). The van der Waals surface area contributed by atoms with Crippen molar-refractivity contribution < 1.29 is 39.6 Å². The predicted molar refractivity (Wildman–Crippen MR) is 227 cm³/mol. The summed E-state index contributed by atoms with van der Waals surface area (Å²) in [6, 6.07) is 0. The van der Waals surface area contributed by atoms with Crippen molar-refractivity contribution in [3.63, 3.8) is 0 Å². The second-order valence-corrected chi connectivity index (χ2v) is 15.6. The van der Waals surface area contributed by atoms with Crippen LogP contribution < -0.4 is 0 Å². The Morgan fingerprint density at radius 2 is 0.333 bits per heavy atom. The second-order valence-electron chi connectivity index (χ2n) is 15.6. The number of carboxylic acid groups (broad SMARTS) is 4. The van der Waals surface area contributed by atoms with Crippen LogP contribution in [0.3, 0.4) is 0 Å². The molecule has 0 saturated carbocycles. The number of hydrogen-bond acceptors (Lipinski definition) is 4. The van der Waals surface area contributed by atoms with Gasteiger partial charge in [-0.15, -0.1) is 0 Å². The highest BCUT2D eigenvalue weighted by molar-refractivity contribution is 5.67. The van der Waals surface area contributed by atoms with Crippen molar-refractivity contribution in [2.24, 2.45) is 0 Å². The Morgan fingerprint density at radius 3 is 0.444 bits per heavy atom. The molecule has 0 saturated heterocycles. The SMILES string of the molecule is CCCCCCCCCCCCCCCCCC(=O)O.CCCCCCCCCCCCCCCCCC(=O)O.O=C(O)CCCCCCCCC(=O)O. The second kappa shape index (κ2) is 50.9. The largest absolute Gasteiger partial charge is 0.481 e. The highest BCUT2D eigenvalue weighted by Crippen LogP contribution is 2.15. The lowest BCUT2D eigenvalue weighted by Gasteiger charge is -2.03. The zero-order valence-corrected chi connectivity index (χ0v) is 35.7. The van der Waals surface area contributed by atoms with Crippen LogP contribution in [0.15, 0.2) is 0 Å². The molecule has 0 atom stereocenters. The smallest absolute Gasteiger partial charge is 0.303 e. The average molecular weight is 771 g/mol. The quantitative estimate of drug-likeness (QED) is 0.0449. The highest BCUT2D eigenvalue weighted by Gasteiger charge is 2.00. The highest BCUT2D eigenvalue weighted by atomic mass is 16.4. The Hall–Kier alpha value is -2.12. The van der Waals surface area contributed by atoms with E-state index in [0.717, 1.165) is 64.2 Å². The molecule has 4 N–H and O–H groups in total. The lowest BCUT2D eigenvalue weighted by molar-refractivity contribution is -0.138. The van der Waals surface area contributed by atoms with Gasteiger partial charge in [-0.2, -0.15) is 0 Å². The number of carbonyl (C=O) groups is 4. The fourth-order valence-corrected chi connectivity index (χ4v) is 6.55. The van der Waals surface area contributed by atoms with Crippen molar-refractivity contribution >= 4 is 23.9 Å². The van der Waals surface area contributed by atoms with E-state index in [9.17, 15) is 19.2 Å². The first-order valence-electron chi connectivity index (χ1n) is 23.0. The molecule has 0 unspecified atom stereocenters. The molecule has 54 heavy (non-hydrogen) atoms. The maximum atomic E-state index is 10.3. The van der Waals surface area contributed by atoms with E-state index in [0.29, 0.717) is 12.8 Å². The lowest BCUT2D eigenvalue weighted by Crippen LogP contribution is -1.94. The van der Waals surface area contributed by atoms with Gasteiger partial charge in [-0.25, -0.2) is 0 Å². The fourth-order valence-electron chi connectivity index (χ4n) is 6.55. The molecule has 8 nitrogen and oxygen atoms in total. The molecule has 0 aliphatic carbocycles. The van der Waals surface area contributed by atoms with E-state index in [1.54, 1.807) is 0 Å². The van der Waals surface area contributed by atoms with Crippen LogP contribution in [0.5, 0.6) is 0 Å². The van der Waals surface area contributed by atoms with Gasteiger partial charge in [0.2, 0.25) is 0 Å². The lowest BCUT2D eigenvalue weighted by atomic mass is 10.0. The van der Waals surface area contributed by atoms with Crippen molar-refractivity contribution in [1.82, 2.24) is 0 Å². The van der Waals surface area contributed by atoms with Gasteiger partial charge in [0.15, 0.2) is 0 Å². The molecule has 0 fully saturated rings. The molecule has 0 bridgehead atoms. The summed E-state index contributed by atoms with van der Waals surface area (Å²) in [4.78, 5) is 41.0. The third kappa shape index (κ3) is 64.8. The molecule has 0 aliphatic rings. The Bertz CT molecular complexity index is 721. The molecule has 0 amide bonds. The van der Waals surface area contributed by atoms with E-state index < -0.39 is 23.9 Å². The number of rotatable bonds is 41. The molecule has 0 spiro atoms. The molecule has 0 aromatic heterocycles. The van der Waals surface area contributed by atoms with E-state index in [-0.39, 0.29) is 12.8 Å². The van der Waals surface area contributed by atoms with E-state index in [1.807, 2.05) is 0 Å². The zero-order chi connectivity index (χ0) is 40.6. The van der Waals surface area contributed by atoms with Crippen LogP contribution in [-0.4, -0.2) is 44.3 Å². The first kappa shape index (κ1) is 56.2. The minimum Gasteiger partial charge on any atom is -0.481 e. The van der Waals surface area contributed by atoms with E-state index in [1.165, 1.54) is 167 Å². The van der Waals surface area contributed by atoms with E-state index >= 15 is 0 Å². The summed E-state index contributed by atoms with van der Waals surface area (Å²) in [5.41, 5.74) is 0. The van der Waals surface area contributed by atoms with E-state index in [2.05, 4.69) is 13.8 Å². The van der Waals surface area contributed by atoms with Crippen LogP contribution in [0.25, 0.3) is 0 Å². The Labute approximate surface area is 333 Å². The van der Waals surface area contributed by atoms with Crippen molar-refractivity contribution in [2.75, 3.05) is 0 Å². The summed E-state index contributed by atoms with van der Waals surface area (Å²) in [6.07, 6.45) is 46.2. The third-order valence-electron chi connectivity index (χ3n) is 10.0. The summed E-state index contributed by atoms with van der Waals surface area (Å²) in [7, 11) is 0. The van der Waals surface area contributed by atoms with Crippen molar-refractivity contribution in [3.05, 3.63) is 0 Å². The first-order chi connectivity index (χ1) is 26.2. The molecule has 0 radical (unpaired) electrons. The van der Waals surface area contributed by atoms with Gasteiger partial charge in [0.1, 0.15) is 0 Å². The summed E-state index contributed by atoms with van der Waals surface area (Å²) in [5, 5.41) is 33.7. The monoisotopic (exact) mass is 771 g/mol. The first-order valence-corrected chi connectivity index (χ1v) is 23.0. The summed E-state index contributed by atoms with van der Waals surface area (Å²) in [6.45, 7) is 4.54. The summed E-state index contributed by atoms with van der Waals surface area (Å²) in [5.74, 6) is -2.79.